The van der Waals surface area contributed by atoms with Crippen molar-refractivity contribution in [2.24, 2.45) is 11.5 Å². The molecule has 0 aliphatic heterocycles. The molecule has 0 spiro atoms. The molecule has 0 radical (unpaired) electrons. The van der Waals surface area contributed by atoms with Gasteiger partial charge in [0.25, 0.3) is 0 Å². The van der Waals surface area contributed by atoms with Gasteiger partial charge < -0.3 is 27.2 Å². The summed E-state index contributed by atoms with van der Waals surface area (Å²) >= 11 is 0. The zero-order chi connectivity index (χ0) is 8.57. The van der Waals surface area contributed by atoms with Crippen LogP contribution in [0.1, 0.15) is 0 Å². The van der Waals surface area contributed by atoms with Gasteiger partial charge in [-0.1, -0.05) is 0 Å². The van der Waals surface area contributed by atoms with Gasteiger partial charge in [-0.2, -0.15) is 0 Å². The monoisotopic (exact) mass is 282 g/mol. The van der Waals surface area contributed by atoms with Crippen LogP contribution in [-0.2, 0) is 36.9 Å². The minimum Gasteiger partial charge on any atom is -0.480 e. The second-order valence-electron chi connectivity index (χ2n) is 1.20. The first kappa shape index (κ1) is 22.6. The van der Waals surface area contributed by atoms with Crippen molar-refractivity contribution in [2.45, 2.75) is 0 Å². The van der Waals surface area contributed by atoms with E-state index in [0.717, 1.165) is 0 Å². The first-order valence-corrected chi connectivity index (χ1v) is 2.38. The molecule has 0 heterocycles. The standard InChI is InChI=1S/2C2H5NO2.Cd.H2O/c2*3-1-2(4)5;;/h2*1,3H2,(H,4,5);;1H2. The summed E-state index contributed by atoms with van der Waals surface area (Å²) in [7, 11) is 0. The molecule has 0 aromatic rings. The van der Waals surface area contributed by atoms with Crippen molar-refractivity contribution in [1.29, 1.82) is 0 Å². The van der Waals surface area contributed by atoms with Gasteiger partial charge in [-0.15, -0.1) is 0 Å². The van der Waals surface area contributed by atoms with Gasteiger partial charge in [0.2, 0.25) is 0 Å². The molecule has 12 heavy (non-hydrogen) atoms. The van der Waals surface area contributed by atoms with Crippen LogP contribution in [0, 0.1) is 0 Å². The third-order valence-electron chi connectivity index (χ3n) is 0.349. The van der Waals surface area contributed by atoms with Crippen LogP contribution < -0.4 is 11.5 Å². The van der Waals surface area contributed by atoms with Gasteiger partial charge in [-0.25, -0.2) is 0 Å². The van der Waals surface area contributed by atoms with Crippen LogP contribution in [-0.4, -0.2) is 40.7 Å². The molecule has 0 aliphatic rings. The third-order valence-corrected chi connectivity index (χ3v) is 0.349. The SMILES string of the molecule is NCC(=O)O.NCC(=O)O.O.[Cd]. The number of nitrogens with two attached hydrogens (primary N) is 2. The van der Waals surface area contributed by atoms with Crippen LogP contribution in [0.25, 0.3) is 0 Å². The van der Waals surface area contributed by atoms with Crippen molar-refractivity contribution in [2.75, 3.05) is 13.1 Å². The molecule has 0 saturated heterocycles. The van der Waals surface area contributed by atoms with E-state index in [1.54, 1.807) is 0 Å². The molecule has 0 aromatic heterocycles. The zero-order valence-corrected chi connectivity index (χ0v) is 10.5. The second-order valence-corrected chi connectivity index (χ2v) is 1.20. The number of rotatable bonds is 2. The molecule has 0 rings (SSSR count). The summed E-state index contributed by atoms with van der Waals surface area (Å²) in [5.74, 6) is -1.94. The molecular weight excluding hydrogens is 268 g/mol. The number of carboxylic acid groups (broad SMARTS) is 2. The Kier molecular flexibility index (Phi) is 32.0. The molecule has 8 N–H and O–H groups in total. The molecule has 0 saturated carbocycles. The fraction of sp³-hybridized carbons (Fsp3) is 0.500. The van der Waals surface area contributed by atoms with Crippen LogP contribution in [0.5, 0.6) is 0 Å². The molecule has 8 heteroatoms. The summed E-state index contributed by atoms with van der Waals surface area (Å²) in [4.78, 5) is 18.5. The summed E-state index contributed by atoms with van der Waals surface area (Å²) < 4.78 is 0. The fourth-order valence-electron chi connectivity index (χ4n) is 0. The Morgan fingerprint density at radius 1 is 1.00 bits per heavy atom. The Bertz CT molecular complexity index is 106. The Hall–Kier alpha value is -0.258. The van der Waals surface area contributed by atoms with E-state index >= 15 is 0 Å². The maximum absolute atomic E-state index is 9.24. The molecule has 0 aromatic carbocycles. The van der Waals surface area contributed by atoms with Crippen molar-refractivity contribution >= 4 is 11.9 Å². The van der Waals surface area contributed by atoms with E-state index in [2.05, 4.69) is 11.5 Å². The molecule has 70 valence electrons. The van der Waals surface area contributed by atoms with E-state index in [9.17, 15) is 9.59 Å². The zero-order valence-electron chi connectivity index (χ0n) is 6.49. The van der Waals surface area contributed by atoms with E-state index in [1.165, 1.54) is 0 Å². The number of aliphatic carboxylic acids is 2. The van der Waals surface area contributed by atoms with E-state index < -0.39 is 11.9 Å². The molecule has 0 unspecified atom stereocenters. The minimum absolute atomic E-state index is 0. The second kappa shape index (κ2) is 17.0. The van der Waals surface area contributed by atoms with Crippen molar-refractivity contribution in [1.82, 2.24) is 0 Å². The van der Waals surface area contributed by atoms with Crippen molar-refractivity contribution in [3.63, 3.8) is 0 Å². The molecule has 0 aliphatic carbocycles. The summed E-state index contributed by atoms with van der Waals surface area (Å²) in [6.45, 7) is -0.556. The van der Waals surface area contributed by atoms with Crippen LogP contribution in [0.15, 0.2) is 0 Å². The van der Waals surface area contributed by atoms with E-state index in [4.69, 9.17) is 10.2 Å². The Morgan fingerprint density at radius 3 is 1.08 bits per heavy atom. The van der Waals surface area contributed by atoms with Crippen molar-refractivity contribution in [3.8, 4) is 0 Å². The summed E-state index contributed by atoms with van der Waals surface area (Å²) in [5.41, 5.74) is 9.14. The Balaban J connectivity index is -0.0000000457. The number of carboxylic acids is 2. The Labute approximate surface area is 89.2 Å². The first-order chi connectivity index (χ1) is 4.54. The average molecular weight is 281 g/mol. The van der Waals surface area contributed by atoms with Crippen LogP contribution >= 0.6 is 0 Å². The summed E-state index contributed by atoms with van der Waals surface area (Å²) in [5, 5.41) is 15.2. The van der Waals surface area contributed by atoms with E-state index in [1.807, 2.05) is 0 Å². The van der Waals surface area contributed by atoms with E-state index in [-0.39, 0.29) is 45.9 Å². The third kappa shape index (κ3) is 53.2. The first-order valence-electron chi connectivity index (χ1n) is 2.38. The predicted octanol–water partition coefficient (Wildman–Crippen LogP) is -2.77. The summed E-state index contributed by atoms with van der Waals surface area (Å²) in [6.07, 6.45) is 0. The normalized spacial score (nSPS) is 6.17. The van der Waals surface area contributed by atoms with Crippen LogP contribution in [0.3, 0.4) is 0 Å². The smallest absolute Gasteiger partial charge is 0.317 e. The van der Waals surface area contributed by atoms with Gasteiger partial charge in [0.1, 0.15) is 0 Å². The number of carbonyl (C=O) groups is 2. The van der Waals surface area contributed by atoms with Gasteiger partial charge in [0, 0.05) is 27.3 Å². The largest absolute Gasteiger partial charge is 0.480 e. The maximum atomic E-state index is 9.24. The van der Waals surface area contributed by atoms with Crippen molar-refractivity contribution < 1.29 is 52.6 Å². The molecule has 0 bridgehead atoms. The number of hydrogen-bond acceptors (Lipinski definition) is 4. The van der Waals surface area contributed by atoms with E-state index in [0.29, 0.717) is 0 Å². The topological polar surface area (TPSA) is 158 Å². The molecule has 0 atom stereocenters. The summed E-state index contributed by atoms with van der Waals surface area (Å²) in [6, 6.07) is 0. The van der Waals surface area contributed by atoms with Gasteiger partial charge in [0.15, 0.2) is 0 Å². The molecule has 7 nitrogen and oxygen atoms in total. The van der Waals surface area contributed by atoms with Gasteiger partial charge in [-0.3, -0.25) is 9.59 Å². The quantitative estimate of drug-likeness (QED) is 0.401. The predicted molar refractivity (Wildman–Crippen MR) is 37.0 cm³/mol. The average Bonchev–Trinajstić information content (AvgIpc) is 1.89. The number of hydrogen-bond donors (Lipinski definition) is 4. The molecular formula is C4H12CdN2O5. The fourth-order valence-corrected chi connectivity index (χ4v) is 0. The molecule has 0 fully saturated rings. The van der Waals surface area contributed by atoms with Crippen LogP contribution in [0.2, 0.25) is 0 Å². The van der Waals surface area contributed by atoms with Gasteiger partial charge >= 0.3 is 11.9 Å². The molecule has 0 amide bonds. The maximum Gasteiger partial charge on any atom is 0.317 e. The van der Waals surface area contributed by atoms with Crippen molar-refractivity contribution in [3.05, 3.63) is 0 Å². The Morgan fingerprint density at radius 2 is 1.08 bits per heavy atom. The minimum atomic E-state index is -0.968. The van der Waals surface area contributed by atoms with Gasteiger partial charge in [-0.05, 0) is 0 Å². The van der Waals surface area contributed by atoms with Crippen LogP contribution in [0.4, 0.5) is 0 Å². The van der Waals surface area contributed by atoms with Gasteiger partial charge in [0.05, 0.1) is 13.1 Å².